The van der Waals surface area contributed by atoms with Crippen LogP contribution in [0.3, 0.4) is 0 Å². The number of ketones is 2. The Bertz CT molecular complexity index is 2560. The average molecular weight is 958 g/mol. The first-order valence-electron chi connectivity index (χ1n) is 27.7. The van der Waals surface area contributed by atoms with Gasteiger partial charge in [-0.1, -0.05) is 72.1 Å². The van der Waals surface area contributed by atoms with Gasteiger partial charge in [-0.05, 0) is 166 Å². The Morgan fingerprint density at radius 2 is 1.61 bits per heavy atom. The monoisotopic (exact) mass is 958 g/mol. The van der Waals surface area contributed by atoms with Crippen LogP contribution in [0.1, 0.15) is 190 Å². The van der Waals surface area contributed by atoms with Crippen molar-refractivity contribution in [1.82, 2.24) is 14.9 Å². The smallest absolute Gasteiger partial charge is 0.160 e. The highest BCUT2D eigenvalue weighted by atomic mass is 16.6. The molecule has 10 nitrogen and oxygen atoms in total. The Morgan fingerprint density at radius 3 is 2.29 bits per heavy atom. The number of fused-ring (bicyclic) bond motifs is 4. The van der Waals surface area contributed by atoms with E-state index in [0.29, 0.717) is 56.3 Å². The van der Waals surface area contributed by atoms with Crippen LogP contribution in [0.4, 0.5) is 0 Å². The standard InChI is InChI=1S/C60H83N3O7/c1-55(2)54(70-55)45(66)29-56(3)19-14-37-31-62-50-41(43(34-64)40-27-38(35-12-10-9-11-13-35)26-39(28-40)36-17-24-69-25-18-36)32-63(51(37)50)33-42-48-49(56)44(65)30-60(48,7)59(6)21-15-46-57(4,22-23-61-8)47(67)16-20-58(46,5)53(59)52(42)68/h26-28,31-32,34-36,42-43,45-46,52-54,61-62,66,68H,9-25,29-30,33H2,1-8H3. The third-order valence-electron chi connectivity index (χ3n) is 21.8. The van der Waals surface area contributed by atoms with Gasteiger partial charge in [-0.25, -0.2) is 0 Å². The summed E-state index contributed by atoms with van der Waals surface area (Å²) in [6.07, 6.45) is 17.4. The van der Waals surface area contributed by atoms with Crippen molar-refractivity contribution in [1.29, 1.82) is 0 Å². The average Bonchev–Trinajstić information content (AvgIpc) is 3.57. The van der Waals surface area contributed by atoms with E-state index in [4.69, 9.17) is 9.47 Å². The summed E-state index contributed by atoms with van der Waals surface area (Å²) in [5.41, 5.74) is 6.77. The van der Waals surface area contributed by atoms with Gasteiger partial charge in [-0.15, -0.1) is 0 Å². The van der Waals surface area contributed by atoms with Crippen molar-refractivity contribution in [3.8, 4) is 0 Å². The number of aromatic amines is 1. The number of H-pyrrole nitrogens is 1. The summed E-state index contributed by atoms with van der Waals surface area (Å²) in [6, 6.07) is 7.12. The van der Waals surface area contributed by atoms with Gasteiger partial charge in [-0.2, -0.15) is 0 Å². The first-order chi connectivity index (χ1) is 33.3. The summed E-state index contributed by atoms with van der Waals surface area (Å²) in [6.45, 7) is 18.3. The van der Waals surface area contributed by atoms with Gasteiger partial charge in [-0.3, -0.25) is 9.59 Å². The van der Waals surface area contributed by atoms with E-state index in [-0.39, 0.29) is 29.1 Å². The maximum absolute atomic E-state index is 15.5. The molecule has 70 heavy (non-hydrogen) atoms. The third-order valence-corrected chi connectivity index (χ3v) is 21.8. The Balaban J connectivity index is 1.08. The molecule has 5 aliphatic carbocycles. The number of hydrogen-bond donors (Lipinski definition) is 4. The quantitative estimate of drug-likeness (QED) is 0.110. The first kappa shape index (κ1) is 48.8. The molecule has 12 atom stereocenters. The van der Waals surface area contributed by atoms with Crippen LogP contribution in [0.5, 0.6) is 0 Å². The highest BCUT2D eigenvalue weighted by molar-refractivity contribution is 6.02. The molecular weight excluding hydrogens is 875 g/mol. The summed E-state index contributed by atoms with van der Waals surface area (Å²) in [5.74, 6) is 0.381. The topological polar surface area (TPSA) is 146 Å². The molecule has 3 aliphatic heterocycles. The minimum atomic E-state index is -0.804. The molecule has 8 aliphatic rings. The van der Waals surface area contributed by atoms with Crippen molar-refractivity contribution in [2.24, 2.45) is 44.8 Å². The van der Waals surface area contributed by atoms with E-state index < -0.39 is 51.3 Å². The van der Waals surface area contributed by atoms with Crippen LogP contribution in [-0.4, -0.2) is 88.3 Å². The van der Waals surface area contributed by atoms with E-state index in [1.54, 1.807) is 0 Å². The number of ether oxygens (including phenoxy) is 2. The molecule has 380 valence electrons. The molecule has 0 bridgehead atoms. The number of hydrogen-bond acceptors (Lipinski definition) is 8. The van der Waals surface area contributed by atoms with Gasteiger partial charge in [0.15, 0.2) is 5.78 Å². The summed E-state index contributed by atoms with van der Waals surface area (Å²) in [4.78, 5) is 47.3. The summed E-state index contributed by atoms with van der Waals surface area (Å²) < 4.78 is 14.3. The number of rotatable bonds is 11. The number of Topliss-reactive ketones (excluding diaryl/α,β-unsaturated/α-hetero) is 2. The molecule has 4 N–H and O–H groups in total. The Hall–Kier alpha value is -3.41. The number of aliphatic hydroxyl groups is 2. The number of carbonyl (C=O) groups is 3. The second-order valence-electron chi connectivity index (χ2n) is 26.0. The van der Waals surface area contributed by atoms with Crippen LogP contribution in [0, 0.1) is 44.8 Å². The lowest BCUT2D eigenvalue weighted by Gasteiger charge is -2.70. The molecule has 3 aromatic rings. The SMILES string of the molecule is CNCCC1(C)C(=O)CCC2(C)C1CCC1(C)C2C(O)C2Cn3cc(C(C=O)c4cc(C5CCCCC5)cc(C5CCOCC5)c4)c4[nH]cc(c43)CCC(C)(CC(O)C3OC3(C)C)C3=C2C1(C)CC3=O. The molecule has 4 saturated carbocycles. The van der Waals surface area contributed by atoms with Crippen LogP contribution < -0.4 is 5.32 Å². The summed E-state index contributed by atoms with van der Waals surface area (Å²) in [7, 11) is 1.96. The Kier molecular flexibility index (Phi) is 12.1. The lowest BCUT2D eigenvalue weighted by molar-refractivity contribution is -0.222. The van der Waals surface area contributed by atoms with Crippen LogP contribution in [0.2, 0.25) is 0 Å². The van der Waals surface area contributed by atoms with E-state index in [1.807, 2.05) is 20.9 Å². The molecule has 1 aromatic carbocycles. The van der Waals surface area contributed by atoms with Crippen LogP contribution >= 0.6 is 0 Å². The molecule has 2 aromatic heterocycles. The maximum Gasteiger partial charge on any atom is 0.160 e. The van der Waals surface area contributed by atoms with Crippen molar-refractivity contribution in [3.63, 3.8) is 0 Å². The molecule has 12 unspecified atom stereocenters. The van der Waals surface area contributed by atoms with E-state index >= 15 is 4.79 Å². The molecule has 5 heterocycles. The minimum absolute atomic E-state index is 0.0970. The molecule has 10 heteroatoms. The van der Waals surface area contributed by atoms with E-state index in [0.717, 1.165) is 103 Å². The fourth-order valence-electron chi connectivity index (χ4n) is 17.9. The largest absolute Gasteiger partial charge is 0.392 e. The number of epoxide rings is 1. The highest BCUT2D eigenvalue weighted by Crippen LogP contribution is 2.76. The van der Waals surface area contributed by atoms with Crippen molar-refractivity contribution in [2.45, 2.75) is 199 Å². The Labute approximate surface area is 416 Å². The second-order valence-corrected chi connectivity index (χ2v) is 26.0. The molecule has 0 spiro atoms. The fourth-order valence-corrected chi connectivity index (χ4v) is 17.9. The Morgan fingerprint density at radius 1 is 0.914 bits per heavy atom. The fraction of sp³-hybridized carbons (Fsp3) is 0.717. The lowest BCUT2D eigenvalue weighted by atomic mass is 9.34. The normalized spacial score (nSPS) is 38.5. The van der Waals surface area contributed by atoms with E-state index in [9.17, 15) is 19.8 Å². The molecular formula is C60H83N3O7. The van der Waals surface area contributed by atoms with Crippen molar-refractivity contribution < 1.29 is 34.1 Å². The van der Waals surface area contributed by atoms with E-state index in [1.165, 1.54) is 43.2 Å². The summed E-state index contributed by atoms with van der Waals surface area (Å²) >= 11 is 0. The number of carbonyl (C=O) groups excluding carboxylic acids is 3. The predicted molar refractivity (Wildman–Crippen MR) is 273 cm³/mol. The lowest BCUT2D eigenvalue weighted by Crippen LogP contribution is -2.68. The number of benzene rings is 1. The van der Waals surface area contributed by atoms with Gasteiger partial charge >= 0.3 is 0 Å². The van der Waals surface area contributed by atoms with Gasteiger partial charge < -0.3 is 39.3 Å². The summed E-state index contributed by atoms with van der Waals surface area (Å²) in [5, 5.41) is 29.3. The van der Waals surface area contributed by atoms with Crippen molar-refractivity contribution >= 4 is 28.9 Å². The number of aliphatic hydroxyl groups excluding tert-OH is 2. The molecule has 0 amide bonds. The number of allylic oxidation sites excluding steroid dienone is 1. The van der Waals surface area contributed by atoms with Crippen LogP contribution in [0.25, 0.3) is 11.0 Å². The van der Waals surface area contributed by atoms with Crippen molar-refractivity contribution in [2.75, 3.05) is 26.8 Å². The van der Waals surface area contributed by atoms with Gasteiger partial charge in [0, 0.05) is 72.9 Å². The second kappa shape index (κ2) is 17.3. The number of aldehydes is 1. The third kappa shape index (κ3) is 7.34. The van der Waals surface area contributed by atoms with E-state index in [2.05, 4.69) is 80.1 Å². The van der Waals surface area contributed by atoms with Gasteiger partial charge in [0.05, 0.1) is 34.8 Å². The van der Waals surface area contributed by atoms with Crippen LogP contribution in [-0.2, 0) is 36.8 Å². The number of aromatic nitrogens is 2. The highest BCUT2D eigenvalue weighted by Gasteiger charge is 2.73. The number of nitrogens with zero attached hydrogens (tertiary/aromatic N) is 1. The molecule has 11 rings (SSSR count). The number of aryl methyl sites for hydroxylation is 1. The number of nitrogens with one attached hydrogen (secondary N) is 2. The van der Waals surface area contributed by atoms with Crippen LogP contribution in [0.15, 0.2) is 41.7 Å². The zero-order valence-electron chi connectivity index (χ0n) is 43.7. The molecule has 6 fully saturated rings. The van der Waals surface area contributed by atoms with Gasteiger partial charge in [0.25, 0.3) is 0 Å². The zero-order valence-corrected chi connectivity index (χ0v) is 43.7. The zero-order chi connectivity index (χ0) is 49.3. The maximum atomic E-state index is 15.5. The van der Waals surface area contributed by atoms with Crippen molar-refractivity contribution in [3.05, 3.63) is 69.6 Å². The molecule has 0 radical (unpaired) electrons. The first-order valence-corrected chi connectivity index (χ1v) is 27.7. The van der Waals surface area contributed by atoms with Gasteiger partial charge in [0.2, 0.25) is 0 Å². The van der Waals surface area contributed by atoms with Gasteiger partial charge in [0.1, 0.15) is 18.2 Å². The predicted octanol–water partition coefficient (Wildman–Crippen LogP) is 10.4. The minimum Gasteiger partial charge on any atom is -0.392 e. The molecule has 2 saturated heterocycles.